The highest BCUT2D eigenvalue weighted by Crippen LogP contribution is 2.25. The van der Waals surface area contributed by atoms with Gasteiger partial charge in [-0.15, -0.1) is 0 Å². The van der Waals surface area contributed by atoms with Crippen LogP contribution in [0.15, 0.2) is 66.2 Å². The highest BCUT2D eigenvalue weighted by molar-refractivity contribution is 6.00. The second kappa shape index (κ2) is 26.5. The van der Waals surface area contributed by atoms with Crippen molar-refractivity contribution in [3.05, 3.63) is 77.4 Å². The lowest BCUT2D eigenvalue weighted by Gasteiger charge is -2.43. The lowest BCUT2D eigenvalue weighted by molar-refractivity contribution is -0.165. The highest BCUT2D eigenvalue weighted by Gasteiger charge is 2.45. The third-order valence-electron chi connectivity index (χ3n) is 12.2. The molecule has 0 aromatic heterocycles. The van der Waals surface area contributed by atoms with Crippen LogP contribution in [0.1, 0.15) is 77.3 Å². The summed E-state index contributed by atoms with van der Waals surface area (Å²) >= 11 is 0. The zero-order valence-corrected chi connectivity index (χ0v) is 40.3. The molecule has 23 heteroatoms. The van der Waals surface area contributed by atoms with Gasteiger partial charge < -0.3 is 67.5 Å². The van der Waals surface area contributed by atoms with Gasteiger partial charge in [0, 0.05) is 44.8 Å². The molecule has 2 aliphatic heterocycles. The van der Waals surface area contributed by atoms with Crippen LogP contribution in [0, 0.1) is 0 Å². The number of aromatic hydroxyl groups is 1. The number of primary amides is 1. The Hall–Kier alpha value is -7.40. The van der Waals surface area contributed by atoms with Crippen molar-refractivity contribution in [1.29, 1.82) is 0 Å². The van der Waals surface area contributed by atoms with Gasteiger partial charge in [0.1, 0.15) is 60.4 Å². The van der Waals surface area contributed by atoms with Crippen molar-refractivity contribution in [2.24, 2.45) is 5.73 Å². The van der Waals surface area contributed by atoms with E-state index in [1.54, 1.807) is 37.3 Å². The quantitative estimate of drug-likeness (QED) is 0.0632. The molecule has 9 atom stereocenters. The third-order valence-corrected chi connectivity index (χ3v) is 12.2. The van der Waals surface area contributed by atoms with E-state index in [0.717, 1.165) is 9.80 Å². The number of aliphatic hydroxyl groups is 2. The van der Waals surface area contributed by atoms with Crippen LogP contribution in [0.5, 0.6) is 5.75 Å². The Morgan fingerprint density at radius 2 is 1.51 bits per heavy atom. The number of ether oxygens (including phenoxy) is 1. The number of phenols is 1. The minimum absolute atomic E-state index is 0.0801. The number of benzene rings is 2. The normalized spacial score (nSPS) is 24.4. The van der Waals surface area contributed by atoms with Gasteiger partial charge in [-0.2, -0.15) is 0 Å². The number of nitrogens with two attached hydrogens (primary N) is 1. The van der Waals surface area contributed by atoms with Crippen LogP contribution in [0.3, 0.4) is 0 Å². The number of amides is 9. The second-order valence-corrected chi connectivity index (χ2v) is 17.4. The van der Waals surface area contributed by atoms with Crippen LogP contribution in [0.4, 0.5) is 0 Å². The highest BCUT2D eigenvalue weighted by atomic mass is 16.5. The fourth-order valence-electron chi connectivity index (χ4n) is 7.88. The monoisotopic (exact) mass is 991 g/mol. The molecule has 2 fully saturated rings. The van der Waals surface area contributed by atoms with Crippen LogP contribution >= 0.6 is 0 Å². The molecule has 0 saturated carbocycles. The van der Waals surface area contributed by atoms with E-state index < -0.39 is 133 Å². The summed E-state index contributed by atoms with van der Waals surface area (Å²) in [7, 11) is 1.31. The number of cyclic esters (lactones) is 1. The molecule has 0 spiro atoms. The number of hydrogen-bond donors (Lipinski definition) is 10. The summed E-state index contributed by atoms with van der Waals surface area (Å²) in [5.74, 6) is -9.17. The summed E-state index contributed by atoms with van der Waals surface area (Å²) in [6, 6.07) is 3.42. The van der Waals surface area contributed by atoms with E-state index in [0.29, 0.717) is 11.1 Å². The largest absolute Gasteiger partial charge is 0.508 e. The predicted octanol–water partition coefficient (Wildman–Crippen LogP) is -2.18. The Bertz CT molecular complexity index is 2300. The molecule has 4 rings (SSSR count). The molecule has 2 aliphatic rings. The summed E-state index contributed by atoms with van der Waals surface area (Å²) in [5, 5.41) is 45.7. The number of hydrogen-bond acceptors (Lipinski definition) is 14. The first-order chi connectivity index (χ1) is 33.6. The van der Waals surface area contributed by atoms with E-state index in [4.69, 9.17) is 10.5 Å². The Morgan fingerprint density at radius 1 is 0.859 bits per heavy atom. The smallest absolute Gasteiger partial charge is 0.328 e. The van der Waals surface area contributed by atoms with Crippen molar-refractivity contribution in [2.75, 3.05) is 20.2 Å². The molecular weight excluding hydrogens is 927 g/mol. The van der Waals surface area contributed by atoms with Gasteiger partial charge in [0.2, 0.25) is 53.2 Å². The molecule has 2 bridgehead atoms. The van der Waals surface area contributed by atoms with Crippen LogP contribution in [-0.4, -0.2) is 159 Å². The van der Waals surface area contributed by atoms with Crippen molar-refractivity contribution in [1.82, 2.24) is 41.7 Å². The van der Waals surface area contributed by atoms with Crippen molar-refractivity contribution >= 4 is 59.1 Å². The number of piperidine rings is 1. The Balaban J connectivity index is 1.86. The van der Waals surface area contributed by atoms with E-state index >= 15 is 0 Å². The number of nitrogens with zero attached hydrogens (tertiary/aromatic N) is 2. The Morgan fingerprint density at radius 3 is 2.14 bits per heavy atom. The first-order valence-electron chi connectivity index (χ1n) is 23.3. The average molecular weight is 992 g/mol. The zero-order valence-electron chi connectivity index (χ0n) is 40.3. The molecule has 2 saturated heterocycles. The van der Waals surface area contributed by atoms with Crippen molar-refractivity contribution in [3.63, 3.8) is 0 Å². The van der Waals surface area contributed by atoms with Crippen LogP contribution in [0.25, 0.3) is 0 Å². The van der Waals surface area contributed by atoms with Gasteiger partial charge in [-0.3, -0.25) is 43.2 Å². The fourth-order valence-corrected chi connectivity index (χ4v) is 7.88. The summed E-state index contributed by atoms with van der Waals surface area (Å²) in [5.41, 5.74) is 6.59. The number of rotatable bonds is 16. The third kappa shape index (κ3) is 16.1. The molecule has 0 aliphatic carbocycles. The van der Waals surface area contributed by atoms with Crippen molar-refractivity contribution in [2.45, 2.75) is 134 Å². The molecule has 2 aromatic rings. The van der Waals surface area contributed by atoms with Gasteiger partial charge in [0.15, 0.2) is 0 Å². The summed E-state index contributed by atoms with van der Waals surface area (Å²) in [6.45, 7) is 4.96. The molecule has 386 valence electrons. The van der Waals surface area contributed by atoms with Gasteiger partial charge in [0.25, 0.3) is 0 Å². The van der Waals surface area contributed by atoms with Crippen LogP contribution in [0.2, 0.25) is 0 Å². The first kappa shape index (κ1) is 56.2. The zero-order chi connectivity index (χ0) is 52.5. The summed E-state index contributed by atoms with van der Waals surface area (Å²) in [6.07, 6.45) is -3.95. The van der Waals surface area contributed by atoms with E-state index in [2.05, 4.69) is 31.9 Å². The molecule has 2 aromatic carbocycles. The van der Waals surface area contributed by atoms with Crippen LogP contribution < -0.4 is 37.6 Å². The number of likely N-dealkylation sites (N-methyl/N-ethyl adjacent to an activating group) is 1. The number of nitrogens with one attached hydrogen (secondary N) is 6. The average Bonchev–Trinajstić information content (AvgIpc) is 3.34. The predicted molar refractivity (Wildman–Crippen MR) is 252 cm³/mol. The summed E-state index contributed by atoms with van der Waals surface area (Å²) < 4.78 is 5.68. The lowest BCUT2D eigenvalue weighted by Crippen LogP contribution is -2.65. The molecule has 23 nitrogen and oxygen atoms in total. The maximum Gasteiger partial charge on any atom is 0.328 e. The number of esters is 1. The number of phenolic OH excluding ortho intramolecular Hbond substituents is 1. The van der Waals surface area contributed by atoms with Gasteiger partial charge in [0.05, 0.1) is 6.61 Å². The molecule has 11 N–H and O–H groups in total. The number of aliphatic hydroxyl groups excluding tert-OH is 2. The summed E-state index contributed by atoms with van der Waals surface area (Å²) in [4.78, 5) is 140. The van der Waals surface area contributed by atoms with E-state index in [9.17, 15) is 63.3 Å². The lowest BCUT2D eigenvalue weighted by atomic mass is 9.95. The minimum atomic E-state index is -1.89. The van der Waals surface area contributed by atoms with Crippen LogP contribution in [-0.2, 0) is 65.5 Å². The van der Waals surface area contributed by atoms with E-state index in [1.165, 1.54) is 58.2 Å². The van der Waals surface area contributed by atoms with Gasteiger partial charge in [-0.25, -0.2) is 4.79 Å². The van der Waals surface area contributed by atoms with E-state index in [1.807, 2.05) is 0 Å². The van der Waals surface area contributed by atoms with E-state index in [-0.39, 0.29) is 56.4 Å². The minimum Gasteiger partial charge on any atom is -0.508 e. The Kier molecular flexibility index (Phi) is 21.0. The van der Waals surface area contributed by atoms with Gasteiger partial charge in [-0.05, 0) is 76.6 Å². The number of carbonyl (C=O) groups excluding carboxylic acids is 10. The number of allylic oxidation sites excluding steroid dienone is 1. The van der Waals surface area contributed by atoms with Gasteiger partial charge >= 0.3 is 5.97 Å². The molecule has 71 heavy (non-hydrogen) atoms. The topological polar surface area (TPSA) is 345 Å². The number of fused-ring (bicyclic) bond motifs is 2. The molecule has 0 unspecified atom stereocenters. The van der Waals surface area contributed by atoms with Gasteiger partial charge in [-0.1, -0.05) is 48.5 Å². The molecule has 9 amide bonds. The molecular formula is C48H65N9O14. The second-order valence-electron chi connectivity index (χ2n) is 17.4. The standard InChI is InChI=1S/C48H65N9O14/c1-6-26(2)41(63)52-32(16-19-37(49)60)43(65)55-40-28(4)71-48(70)27(3)51-44(66)35(24-30-12-14-31(59)15-13-30)56(5)47(69)36(25-29-10-8-7-9-11-29)57-39(62)21-18-34(46(57)68)54-42(64)33(53-45(40)67)17-20-38(61)50-22-23-58/h6-15,27-28,32-36,39-40,58-59,62H,16-25H2,1-5H3,(H2,49,60)(H,50,61)(H,51,66)(H,52,63)(H,53,67)(H,54,64)(H,55,65)/b26-6+/t27-,28+,32-,33+,34+,35+,36+,39-,40+/m0/s1. The SMILES string of the molecule is C/C=C(\C)C(=O)N[C@@H](CCC(N)=O)C(=O)N[C@H]1C(=O)N[C@H](CCC(=O)NCCO)C(=O)N[C@@H]2CC[C@H](O)N(C2=O)[C@H](Cc2ccccc2)C(=O)N(C)[C@H](Cc2ccc(O)cc2)C(=O)N[C@@H](C)C(=O)O[C@@H]1C. The first-order valence-corrected chi connectivity index (χ1v) is 23.3. The molecule has 0 radical (unpaired) electrons. The maximum absolute atomic E-state index is 14.9. The van der Waals surface area contributed by atoms with Crippen molar-refractivity contribution < 1.29 is 68.0 Å². The molecule has 2 heterocycles. The Labute approximate surface area is 410 Å². The maximum atomic E-state index is 14.9. The number of carbonyl (C=O) groups is 10. The van der Waals surface area contributed by atoms with Crippen molar-refractivity contribution in [3.8, 4) is 5.75 Å². The fraction of sp³-hybridized carbons (Fsp3) is 0.500.